The third kappa shape index (κ3) is 2.12. The van der Waals surface area contributed by atoms with E-state index in [1.807, 2.05) is 0 Å². The molecule has 0 amide bonds. The van der Waals surface area contributed by atoms with Crippen LogP contribution in [0.15, 0.2) is 18.2 Å². The molecule has 0 saturated carbocycles. The van der Waals surface area contributed by atoms with Crippen molar-refractivity contribution in [1.82, 2.24) is 9.88 Å². The van der Waals surface area contributed by atoms with E-state index in [0.717, 1.165) is 53.5 Å². The Morgan fingerprint density at radius 3 is 2.85 bits per heavy atom. The molecule has 0 atom stereocenters. The quantitative estimate of drug-likeness (QED) is 0.784. The Labute approximate surface area is 119 Å². The van der Waals surface area contributed by atoms with Gasteiger partial charge in [0.1, 0.15) is 0 Å². The fraction of sp³-hybridized carbons (Fsp3) is 0.412. The zero-order valence-corrected chi connectivity index (χ0v) is 12.3. The van der Waals surface area contributed by atoms with Crippen molar-refractivity contribution in [2.45, 2.75) is 32.7 Å². The molecule has 0 radical (unpaired) electrons. The summed E-state index contributed by atoms with van der Waals surface area (Å²) in [4.78, 5) is 18.7. The SMILES string of the molecule is CC(C)c1ccc2nc3c(c(C=O)c2c1)CN(C)CC3. The highest BCUT2D eigenvalue weighted by Crippen LogP contribution is 2.28. The van der Waals surface area contributed by atoms with Crippen molar-refractivity contribution in [2.75, 3.05) is 13.6 Å². The zero-order chi connectivity index (χ0) is 14.3. The van der Waals surface area contributed by atoms with E-state index in [2.05, 4.69) is 44.0 Å². The summed E-state index contributed by atoms with van der Waals surface area (Å²) in [5.41, 5.74) is 5.24. The highest BCUT2D eigenvalue weighted by Gasteiger charge is 2.20. The Morgan fingerprint density at radius 1 is 1.35 bits per heavy atom. The number of rotatable bonds is 2. The van der Waals surface area contributed by atoms with Crippen LogP contribution in [0, 0.1) is 0 Å². The Morgan fingerprint density at radius 2 is 2.15 bits per heavy atom. The molecule has 3 nitrogen and oxygen atoms in total. The number of aromatic nitrogens is 1. The van der Waals surface area contributed by atoms with E-state index in [1.54, 1.807) is 0 Å². The molecule has 3 heteroatoms. The van der Waals surface area contributed by atoms with Crippen molar-refractivity contribution >= 4 is 17.2 Å². The summed E-state index contributed by atoms with van der Waals surface area (Å²) in [7, 11) is 2.09. The summed E-state index contributed by atoms with van der Waals surface area (Å²) < 4.78 is 0. The van der Waals surface area contributed by atoms with Crippen LogP contribution >= 0.6 is 0 Å². The molecule has 3 rings (SSSR count). The van der Waals surface area contributed by atoms with Crippen molar-refractivity contribution < 1.29 is 4.79 Å². The molecule has 0 aliphatic carbocycles. The van der Waals surface area contributed by atoms with Crippen LogP contribution in [0.4, 0.5) is 0 Å². The Bertz CT molecular complexity index is 676. The number of benzene rings is 1. The fourth-order valence-electron chi connectivity index (χ4n) is 2.92. The van der Waals surface area contributed by atoms with Gasteiger partial charge in [-0.1, -0.05) is 19.9 Å². The van der Waals surface area contributed by atoms with E-state index < -0.39 is 0 Å². The normalized spacial score (nSPS) is 15.6. The standard InChI is InChI=1S/C17H20N2O/c1-11(2)12-4-5-16-13(8-12)15(10-20)14-9-19(3)7-6-17(14)18-16/h4-5,8,10-11H,6-7,9H2,1-3H3. The lowest BCUT2D eigenvalue weighted by Gasteiger charge is -2.26. The van der Waals surface area contributed by atoms with Crippen LogP contribution in [0.5, 0.6) is 0 Å². The first-order chi connectivity index (χ1) is 9.60. The van der Waals surface area contributed by atoms with Gasteiger partial charge in [-0.05, 0) is 36.2 Å². The minimum absolute atomic E-state index is 0.456. The van der Waals surface area contributed by atoms with Crippen LogP contribution in [0.25, 0.3) is 10.9 Å². The van der Waals surface area contributed by atoms with Crippen LogP contribution < -0.4 is 0 Å². The second-order valence-corrected chi connectivity index (χ2v) is 5.99. The number of hydrogen-bond acceptors (Lipinski definition) is 3. The van der Waals surface area contributed by atoms with E-state index in [-0.39, 0.29) is 0 Å². The van der Waals surface area contributed by atoms with Gasteiger partial charge in [-0.2, -0.15) is 0 Å². The first-order valence-corrected chi connectivity index (χ1v) is 7.19. The first kappa shape index (κ1) is 13.3. The maximum absolute atomic E-state index is 11.6. The summed E-state index contributed by atoms with van der Waals surface area (Å²) >= 11 is 0. The minimum atomic E-state index is 0.456. The van der Waals surface area contributed by atoms with Crippen molar-refractivity contribution in [2.24, 2.45) is 0 Å². The van der Waals surface area contributed by atoms with Gasteiger partial charge in [-0.3, -0.25) is 9.78 Å². The third-order valence-electron chi connectivity index (χ3n) is 4.18. The molecule has 0 N–H and O–H groups in total. The van der Waals surface area contributed by atoms with E-state index in [4.69, 9.17) is 4.98 Å². The minimum Gasteiger partial charge on any atom is -0.302 e. The summed E-state index contributed by atoms with van der Waals surface area (Å²) in [6.07, 6.45) is 1.93. The Kier molecular flexibility index (Phi) is 3.30. The lowest BCUT2D eigenvalue weighted by Crippen LogP contribution is -2.28. The zero-order valence-electron chi connectivity index (χ0n) is 12.3. The smallest absolute Gasteiger partial charge is 0.151 e. The second kappa shape index (κ2) is 4.98. The predicted molar refractivity (Wildman–Crippen MR) is 81.3 cm³/mol. The van der Waals surface area contributed by atoms with Crippen molar-refractivity contribution in [1.29, 1.82) is 0 Å². The number of pyridine rings is 1. The summed E-state index contributed by atoms with van der Waals surface area (Å²) in [6, 6.07) is 6.30. The molecule has 1 aliphatic rings. The van der Waals surface area contributed by atoms with Gasteiger partial charge in [0.05, 0.1) is 5.52 Å². The maximum atomic E-state index is 11.6. The molecule has 1 aromatic heterocycles. The van der Waals surface area contributed by atoms with Gasteiger partial charge in [0, 0.05) is 36.2 Å². The van der Waals surface area contributed by atoms with Crippen LogP contribution in [0.1, 0.15) is 46.9 Å². The van der Waals surface area contributed by atoms with E-state index >= 15 is 0 Å². The van der Waals surface area contributed by atoms with Crippen LogP contribution in [-0.4, -0.2) is 29.8 Å². The number of fused-ring (bicyclic) bond motifs is 2. The first-order valence-electron chi connectivity index (χ1n) is 7.19. The van der Waals surface area contributed by atoms with Gasteiger partial charge in [-0.25, -0.2) is 0 Å². The molecular formula is C17H20N2O. The molecule has 0 saturated heterocycles. The van der Waals surface area contributed by atoms with Gasteiger partial charge in [0.25, 0.3) is 0 Å². The van der Waals surface area contributed by atoms with E-state index in [1.165, 1.54) is 5.56 Å². The van der Waals surface area contributed by atoms with Crippen LogP contribution in [0.3, 0.4) is 0 Å². The molecule has 2 aromatic rings. The number of likely N-dealkylation sites (N-methyl/N-ethyl adjacent to an activating group) is 1. The van der Waals surface area contributed by atoms with Gasteiger partial charge in [0.15, 0.2) is 6.29 Å². The van der Waals surface area contributed by atoms with E-state index in [9.17, 15) is 4.79 Å². The Hall–Kier alpha value is -1.74. The lowest BCUT2D eigenvalue weighted by atomic mass is 9.94. The van der Waals surface area contributed by atoms with Crippen molar-refractivity contribution in [3.05, 3.63) is 40.6 Å². The fourth-order valence-corrected chi connectivity index (χ4v) is 2.92. The molecule has 104 valence electrons. The summed E-state index contributed by atoms with van der Waals surface area (Å²) in [6.45, 7) is 6.16. The van der Waals surface area contributed by atoms with Crippen LogP contribution in [0.2, 0.25) is 0 Å². The largest absolute Gasteiger partial charge is 0.302 e. The summed E-state index contributed by atoms with van der Waals surface area (Å²) in [5, 5.41) is 1.00. The molecule has 0 spiro atoms. The number of nitrogens with zero attached hydrogens (tertiary/aromatic N) is 2. The molecule has 0 fully saturated rings. The number of hydrogen-bond donors (Lipinski definition) is 0. The molecule has 0 unspecified atom stereocenters. The molecular weight excluding hydrogens is 248 g/mol. The third-order valence-corrected chi connectivity index (χ3v) is 4.18. The Balaban J connectivity index is 2.28. The van der Waals surface area contributed by atoms with Gasteiger partial charge >= 0.3 is 0 Å². The molecule has 1 aliphatic heterocycles. The molecule has 2 heterocycles. The average Bonchev–Trinajstić information content (AvgIpc) is 2.44. The van der Waals surface area contributed by atoms with Gasteiger partial charge in [0.2, 0.25) is 0 Å². The van der Waals surface area contributed by atoms with E-state index in [0.29, 0.717) is 5.92 Å². The highest BCUT2D eigenvalue weighted by molar-refractivity contribution is 5.98. The average molecular weight is 268 g/mol. The number of carbonyl (C=O) groups excluding carboxylic acids is 1. The number of carbonyl (C=O) groups is 1. The topological polar surface area (TPSA) is 33.2 Å². The lowest BCUT2D eigenvalue weighted by molar-refractivity contribution is 0.112. The second-order valence-electron chi connectivity index (χ2n) is 5.99. The van der Waals surface area contributed by atoms with Crippen LogP contribution in [-0.2, 0) is 13.0 Å². The predicted octanol–water partition coefficient (Wildman–Crippen LogP) is 3.16. The molecule has 0 bridgehead atoms. The van der Waals surface area contributed by atoms with Gasteiger partial charge in [-0.15, -0.1) is 0 Å². The molecule has 20 heavy (non-hydrogen) atoms. The van der Waals surface area contributed by atoms with Crippen molar-refractivity contribution in [3.8, 4) is 0 Å². The maximum Gasteiger partial charge on any atom is 0.151 e. The highest BCUT2D eigenvalue weighted by atomic mass is 16.1. The summed E-state index contributed by atoms with van der Waals surface area (Å²) in [5.74, 6) is 0.456. The monoisotopic (exact) mass is 268 g/mol. The van der Waals surface area contributed by atoms with Gasteiger partial charge < -0.3 is 4.90 Å². The van der Waals surface area contributed by atoms with Crippen molar-refractivity contribution in [3.63, 3.8) is 0 Å². The number of aldehydes is 1. The molecule has 1 aromatic carbocycles.